The average molecular weight is 424 g/mol. The van der Waals surface area contributed by atoms with Crippen molar-refractivity contribution in [3.8, 4) is 5.75 Å². The number of anilines is 1. The number of fused-ring (bicyclic) bond motifs is 1. The molecule has 2 aromatic rings. The molecule has 2 aliphatic heterocycles. The van der Waals surface area contributed by atoms with Crippen LogP contribution in [0, 0.1) is 0 Å². The maximum absolute atomic E-state index is 13.0. The van der Waals surface area contributed by atoms with Gasteiger partial charge in [-0.3, -0.25) is 4.79 Å². The fourth-order valence-corrected chi connectivity index (χ4v) is 4.86. The van der Waals surface area contributed by atoms with E-state index in [0.29, 0.717) is 5.92 Å². The molecular formula is C26H37N3O2+2. The van der Waals surface area contributed by atoms with Crippen molar-refractivity contribution in [2.75, 3.05) is 38.1 Å². The van der Waals surface area contributed by atoms with Crippen molar-refractivity contribution in [2.24, 2.45) is 0 Å². The molecule has 5 heteroatoms. The van der Waals surface area contributed by atoms with E-state index in [9.17, 15) is 4.79 Å². The zero-order chi connectivity index (χ0) is 21.8. The van der Waals surface area contributed by atoms with Gasteiger partial charge in [-0.05, 0) is 54.7 Å². The first-order valence-electron chi connectivity index (χ1n) is 11.9. The van der Waals surface area contributed by atoms with Gasteiger partial charge in [0.15, 0.2) is 6.04 Å². The SMILES string of the molecule is CC[C@H](C)c1ccccc1NC(=O)[C@H](C)[NH+]1CC[NH+](Cc2ccc3c(c2)CCO3)CC1. The first-order chi connectivity index (χ1) is 15.0. The molecule has 1 amide bonds. The monoisotopic (exact) mass is 423 g/mol. The van der Waals surface area contributed by atoms with E-state index in [-0.39, 0.29) is 11.9 Å². The molecule has 4 rings (SSSR count). The van der Waals surface area contributed by atoms with Gasteiger partial charge in [-0.2, -0.15) is 0 Å². The molecular weight excluding hydrogens is 386 g/mol. The summed E-state index contributed by atoms with van der Waals surface area (Å²) in [5.41, 5.74) is 4.95. The highest BCUT2D eigenvalue weighted by atomic mass is 16.5. The second-order valence-electron chi connectivity index (χ2n) is 9.23. The Morgan fingerprint density at radius 1 is 1.10 bits per heavy atom. The number of amides is 1. The summed E-state index contributed by atoms with van der Waals surface area (Å²) in [6.07, 6.45) is 2.10. The van der Waals surface area contributed by atoms with Crippen LogP contribution in [0.2, 0.25) is 0 Å². The third kappa shape index (κ3) is 5.10. The molecule has 2 heterocycles. The lowest BCUT2D eigenvalue weighted by molar-refractivity contribution is -1.02. The maximum atomic E-state index is 13.0. The van der Waals surface area contributed by atoms with Crippen LogP contribution in [0.4, 0.5) is 5.69 Å². The van der Waals surface area contributed by atoms with Gasteiger partial charge in [0.2, 0.25) is 0 Å². The van der Waals surface area contributed by atoms with Crippen molar-refractivity contribution in [1.82, 2.24) is 0 Å². The first-order valence-corrected chi connectivity index (χ1v) is 11.9. The van der Waals surface area contributed by atoms with Gasteiger partial charge in [0, 0.05) is 17.7 Å². The van der Waals surface area contributed by atoms with Crippen LogP contribution < -0.4 is 19.9 Å². The second-order valence-corrected chi connectivity index (χ2v) is 9.23. The smallest absolute Gasteiger partial charge is 0.282 e. The number of quaternary nitrogens is 2. The number of hydrogen-bond donors (Lipinski definition) is 3. The van der Waals surface area contributed by atoms with Crippen LogP contribution >= 0.6 is 0 Å². The van der Waals surface area contributed by atoms with Crippen molar-refractivity contribution in [3.63, 3.8) is 0 Å². The maximum Gasteiger partial charge on any atom is 0.282 e. The zero-order valence-corrected chi connectivity index (χ0v) is 19.2. The second kappa shape index (κ2) is 9.84. The molecule has 1 saturated heterocycles. The fraction of sp³-hybridized carbons (Fsp3) is 0.500. The van der Waals surface area contributed by atoms with Gasteiger partial charge in [0.25, 0.3) is 5.91 Å². The molecule has 3 N–H and O–H groups in total. The summed E-state index contributed by atoms with van der Waals surface area (Å²) >= 11 is 0. The van der Waals surface area contributed by atoms with Crippen LogP contribution in [-0.2, 0) is 17.8 Å². The molecule has 1 fully saturated rings. The lowest BCUT2D eigenvalue weighted by Crippen LogP contribution is -3.29. The summed E-state index contributed by atoms with van der Waals surface area (Å²) < 4.78 is 5.63. The average Bonchev–Trinajstić information content (AvgIpc) is 3.27. The molecule has 31 heavy (non-hydrogen) atoms. The minimum Gasteiger partial charge on any atom is -0.493 e. The Bertz CT molecular complexity index is 905. The summed E-state index contributed by atoms with van der Waals surface area (Å²) in [4.78, 5) is 16.0. The lowest BCUT2D eigenvalue weighted by atomic mass is 9.97. The quantitative estimate of drug-likeness (QED) is 0.631. The molecule has 0 bridgehead atoms. The molecule has 5 nitrogen and oxygen atoms in total. The summed E-state index contributed by atoms with van der Waals surface area (Å²) in [6.45, 7) is 12.6. The summed E-state index contributed by atoms with van der Waals surface area (Å²) in [5.74, 6) is 1.63. The summed E-state index contributed by atoms with van der Waals surface area (Å²) in [5, 5.41) is 3.22. The highest BCUT2D eigenvalue weighted by molar-refractivity contribution is 5.94. The Kier molecular flexibility index (Phi) is 6.93. The van der Waals surface area contributed by atoms with Gasteiger partial charge >= 0.3 is 0 Å². The number of carbonyl (C=O) groups is 1. The number of ether oxygens (including phenoxy) is 1. The molecule has 0 unspecified atom stereocenters. The minimum atomic E-state index is -0.0383. The topological polar surface area (TPSA) is 47.2 Å². The van der Waals surface area contributed by atoms with E-state index in [0.717, 1.165) is 63.6 Å². The van der Waals surface area contributed by atoms with Gasteiger partial charge in [-0.15, -0.1) is 0 Å². The number of piperazine rings is 1. The van der Waals surface area contributed by atoms with E-state index < -0.39 is 0 Å². The highest BCUT2D eigenvalue weighted by Gasteiger charge is 2.31. The minimum absolute atomic E-state index is 0.0383. The largest absolute Gasteiger partial charge is 0.493 e. The van der Waals surface area contributed by atoms with Crippen LogP contribution in [0.5, 0.6) is 5.75 Å². The number of carbonyl (C=O) groups excluding carboxylic acids is 1. The molecule has 2 atom stereocenters. The first kappa shape index (κ1) is 21.8. The van der Waals surface area contributed by atoms with E-state index in [1.807, 2.05) is 12.1 Å². The van der Waals surface area contributed by atoms with Gasteiger partial charge in [0.1, 0.15) is 38.5 Å². The van der Waals surface area contributed by atoms with Crippen molar-refractivity contribution < 1.29 is 19.3 Å². The molecule has 0 saturated carbocycles. The Balaban J connectivity index is 1.30. The number of benzene rings is 2. The van der Waals surface area contributed by atoms with Gasteiger partial charge in [-0.1, -0.05) is 32.0 Å². The van der Waals surface area contributed by atoms with Crippen LogP contribution in [0.25, 0.3) is 0 Å². The normalized spacial score (nSPS) is 22.3. The van der Waals surface area contributed by atoms with Crippen molar-refractivity contribution in [2.45, 2.75) is 52.1 Å². The van der Waals surface area contributed by atoms with E-state index in [1.165, 1.54) is 21.6 Å². The van der Waals surface area contributed by atoms with E-state index in [4.69, 9.17) is 4.74 Å². The number of rotatable bonds is 7. The standard InChI is InChI=1S/C26H35N3O2/c1-4-19(2)23-7-5-6-8-24(23)27-26(30)20(3)29-14-12-28(13-15-29)18-21-9-10-25-22(17-21)11-16-31-25/h5-10,17,19-20H,4,11-16,18H2,1-3H3,(H,27,30)/p+2/t19-,20-/m0/s1. The van der Waals surface area contributed by atoms with Gasteiger partial charge < -0.3 is 19.9 Å². The number of para-hydroxylation sites is 1. The third-order valence-electron chi connectivity index (χ3n) is 7.17. The Labute approximate surface area is 186 Å². The molecule has 0 spiro atoms. The van der Waals surface area contributed by atoms with E-state index in [1.54, 1.807) is 4.90 Å². The summed E-state index contributed by atoms with van der Waals surface area (Å²) in [6, 6.07) is 14.8. The molecule has 2 aromatic carbocycles. The van der Waals surface area contributed by atoms with Crippen LogP contribution in [0.1, 0.15) is 49.8 Å². The fourth-order valence-electron chi connectivity index (χ4n) is 4.86. The van der Waals surface area contributed by atoms with Crippen LogP contribution in [-0.4, -0.2) is 44.7 Å². The highest BCUT2D eigenvalue weighted by Crippen LogP contribution is 2.27. The predicted octanol–water partition coefficient (Wildman–Crippen LogP) is 1.45. The Hall–Kier alpha value is -2.37. The van der Waals surface area contributed by atoms with E-state index >= 15 is 0 Å². The molecule has 0 radical (unpaired) electrons. The van der Waals surface area contributed by atoms with Crippen LogP contribution in [0.15, 0.2) is 42.5 Å². The van der Waals surface area contributed by atoms with Crippen LogP contribution in [0.3, 0.4) is 0 Å². The molecule has 2 aliphatic rings. The lowest BCUT2D eigenvalue weighted by Gasteiger charge is -2.32. The van der Waals surface area contributed by atoms with Crippen molar-refractivity contribution >= 4 is 11.6 Å². The van der Waals surface area contributed by atoms with Crippen molar-refractivity contribution in [1.29, 1.82) is 0 Å². The predicted molar refractivity (Wildman–Crippen MR) is 124 cm³/mol. The van der Waals surface area contributed by atoms with E-state index in [2.05, 4.69) is 56.4 Å². The zero-order valence-electron chi connectivity index (χ0n) is 19.2. The van der Waals surface area contributed by atoms with Crippen molar-refractivity contribution in [3.05, 3.63) is 59.2 Å². The molecule has 0 aliphatic carbocycles. The molecule has 166 valence electrons. The number of nitrogens with one attached hydrogen (secondary N) is 3. The van der Waals surface area contributed by atoms with Gasteiger partial charge in [-0.25, -0.2) is 0 Å². The third-order valence-corrected chi connectivity index (χ3v) is 7.17. The Morgan fingerprint density at radius 3 is 2.65 bits per heavy atom. The number of hydrogen-bond acceptors (Lipinski definition) is 2. The molecule has 0 aromatic heterocycles. The Morgan fingerprint density at radius 2 is 1.87 bits per heavy atom. The summed E-state index contributed by atoms with van der Waals surface area (Å²) in [7, 11) is 0. The van der Waals surface area contributed by atoms with Gasteiger partial charge in [0.05, 0.1) is 6.61 Å².